The number of benzene rings is 1. The Bertz CT molecular complexity index is 441. The van der Waals surface area contributed by atoms with Crippen LogP contribution in [-0.4, -0.2) is 29.9 Å². The number of nitrogens with two attached hydrogens (primary N) is 1. The van der Waals surface area contributed by atoms with Crippen molar-refractivity contribution in [1.82, 2.24) is 4.90 Å². The van der Waals surface area contributed by atoms with Gasteiger partial charge in [-0.05, 0) is 43.0 Å². The highest BCUT2D eigenvalue weighted by Crippen LogP contribution is 2.25. The number of nitrogens with zero attached hydrogens (tertiary/aromatic N) is 1. The Morgan fingerprint density at radius 1 is 1.50 bits per heavy atom. The molecule has 1 aromatic rings. The van der Waals surface area contributed by atoms with Crippen LogP contribution in [0.4, 0.5) is 4.39 Å². The van der Waals surface area contributed by atoms with E-state index in [9.17, 15) is 9.18 Å². The predicted molar refractivity (Wildman–Crippen MR) is 68.8 cm³/mol. The summed E-state index contributed by atoms with van der Waals surface area (Å²) in [6.45, 7) is 5.05. The van der Waals surface area contributed by atoms with Gasteiger partial charge < -0.3 is 10.6 Å². The lowest BCUT2D eigenvalue weighted by Crippen LogP contribution is -2.42. The molecule has 1 heterocycles. The lowest BCUT2D eigenvalue weighted by molar-refractivity contribution is 0.0727. The van der Waals surface area contributed by atoms with E-state index >= 15 is 0 Å². The van der Waals surface area contributed by atoms with Crippen molar-refractivity contribution < 1.29 is 9.18 Å². The average molecular weight is 250 g/mol. The van der Waals surface area contributed by atoms with E-state index < -0.39 is 0 Å². The van der Waals surface area contributed by atoms with Gasteiger partial charge in [0, 0.05) is 24.7 Å². The molecule has 98 valence electrons. The molecule has 1 aliphatic heterocycles. The molecule has 2 N–H and O–H groups in total. The van der Waals surface area contributed by atoms with Crippen molar-refractivity contribution in [2.45, 2.75) is 26.3 Å². The third-order valence-corrected chi connectivity index (χ3v) is 3.67. The molecule has 0 bridgehead atoms. The number of hydrogen-bond acceptors (Lipinski definition) is 2. The first-order chi connectivity index (χ1) is 8.52. The molecular formula is C14H19FN2O. The highest BCUT2D eigenvalue weighted by atomic mass is 19.1. The van der Waals surface area contributed by atoms with Crippen LogP contribution in [0.2, 0.25) is 0 Å². The van der Waals surface area contributed by atoms with Gasteiger partial charge in [0.15, 0.2) is 0 Å². The minimum atomic E-state index is -0.366. The maximum Gasteiger partial charge on any atom is 0.254 e. The average Bonchev–Trinajstić information content (AvgIpc) is 2.68. The van der Waals surface area contributed by atoms with Gasteiger partial charge in [-0.3, -0.25) is 4.79 Å². The number of rotatable bonds is 2. The standard InChI is InChI=1S/C14H19FN2O/c1-9-5-11(7-12(15)6-9)14(18)17-4-3-10(2)13(17)8-16/h5-7,10,13H,3-4,8,16H2,1-2H3. The maximum absolute atomic E-state index is 13.3. The smallest absolute Gasteiger partial charge is 0.254 e. The van der Waals surface area contributed by atoms with Crippen molar-refractivity contribution in [3.05, 3.63) is 35.1 Å². The van der Waals surface area contributed by atoms with Crippen molar-refractivity contribution in [2.75, 3.05) is 13.1 Å². The minimum absolute atomic E-state index is 0.0704. The first-order valence-corrected chi connectivity index (χ1v) is 6.31. The van der Waals surface area contributed by atoms with E-state index in [-0.39, 0.29) is 17.8 Å². The predicted octanol–water partition coefficient (Wildman–Crippen LogP) is 1.94. The van der Waals surface area contributed by atoms with Crippen LogP contribution < -0.4 is 5.73 Å². The number of carbonyl (C=O) groups excluding carboxylic acids is 1. The summed E-state index contributed by atoms with van der Waals surface area (Å²) in [5, 5.41) is 0. The van der Waals surface area contributed by atoms with Crippen LogP contribution in [0.3, 0.4) is 0 Å². The van der Waals surface area contributed by atoms with Crippen LogP contribution in [-0.2, 0) is 0 Å². The third-order valence-electron chi connectivity index (χ3n) is 3.67. The van der Waals surface area contributed by atoms with Crippen molar-refractivity contribution >= 4 is 5.91 Å². The van der Waals surface area contributed by atoms with Crippen LogP contribution in [0.1, 0.15) is 29.3 Å². The quantitative estimate of drug-likeness (QED) is 0.872. The SMILES string of the molecule is Cc1cc(F)cc(C(=O)N2CCC(C)C2CN)c1. The molecule has 0 saturated carbocycles. The van der Waals surface area contributed by atoms with Gasteiger partial charge in [0.05, 0.1) is 0 Å². The summed E-state index contributed by atoms with van der Waals surface area (Å²) in [7, 11) is 0. The summed E-state index contributed by atoms with van der Waals surface area (Å²) in [6.07, 6.45) is 0.960. The number of likely N-dealkylation sites (tertiary alicyclic amines) is 1. The van der Waals surface area contributed by atoms with Gasteiger partial charge in [0.25, 0.3) is 5.91 Å². The van der Waals surface area contributed by atoms with E-state index in [0.29, 0.717) is 24.6 Å². The van der Waals surface area contributed by atoms with Gasteiger partial charge in [0.1, 0.15) is 5.82 Å². The molecule has 0 aromatic heterocycles. The summed E-state index contributed by atoms with van der Waals surface area (Å²) in [5.41, 5.74) is 6.90. The molecule has 0 aliphatic carbocycles. The molecular weight excluding hydrogens is 231 g/mol. The third kappa shape index (κ3) is 2.38. The van der Waals surface area contributed by atoms with Gasteiger partial charge in [-0.15, -0.1) is 0 Å². The van der Waals surface area contributed by atoms with Crippen LogP contribution in [0.25, 0.3) is 0 Å². The molecule has 1 aromatic carbocycles. The first-order valence-electron chi connectivity index (χ1n) is 6.31. The number of carbonyl (C=O) groups is 1. The van der Waals surface area contributed by atoms with Crippen LogP contribution in [0.15, 0.2) is 18.2 Å². The van der Waals surface area contributed by atoms with Crippen molar-refractivity contribution in [3.63, 3.8) is 0 Å². The summed E-state index contributed by atoms with van der Waals surface area (Å²) >= 11 is 0. The van der Waals surface area contributed by atoms with E-state index in [2.05, 4.69) is 6.92 Å². The zero-order valence-electron chi connectivity index (χ0n) is 10.8. The lowest BCUT2D eigenvalue weighted by Gasteiger charge is -2.26. The minimum Gasteiger partial charge on any atom is -0.334 e. The molecule has 1 fully saturated rings. The molecule has 4 heteroatoms. The molecule has 1 saturated heterocycles. The van der Waals surface area contributed by atoms with E-state index in [1.54, 1.807) is 17.9 Å². The Balaban J connectivity index is 2.25. The van der Waals surface area contributed by atoms with Crippen molar-refractivity contribution in [2.24, 2.45) is 11.7 Å². The second-order valence-corrected chi connectivity index (χ2v) is 5.08. The van der Waals surface area contributed by atoms with E-state index in [1.807, 2.05) is 0 Å². The van der Waals surface area contributed by atoms with E-state index in [0.717, 1.165) is 12.0 Å². The second-order valence-electron chi connectivity index (χ2n) is 5.08. The number of halogens is 1. The Morgan fingerprint density at radius 2 is 2.22 bits per heavy atom. The number of aryl methyl sites for hydroxylation is 1. The first kappa shape index (κ1) is 13.0. The van der Waals surface area contributed by atoms with Crippen molar-refractivity contribution in [1.29, 1.82) is 0 Å². The second kappa shape index (κ2) is 5.06. The van der Waals surface area contributed by atoms with Crippen molar-refractivity contribution in [3.8, 4) is 0 Å². The molecule has 1 amide bonds. The fraction of sp³-hybridized carbons (Fsp3) is 0.500. The van der Waals surface area contributed by atoms with Gasteiger partial charge >= 0.3 is 0 Å². The number of hydrogen-bond donors (Lipinski definition) is 1. The molecule has 3 nitrogen and oxygen atoms in total. The molecule has 18 heavy (non-hydrogen) atoms. The molecule has 0 radical (unpaired) electrons. The summed E-state index contributed by atoms with van der Waals surface area (Å²) < 4.78 is 13.3. The Hall–Kier alpha value is -1.42. The largest absolute Gasteiger partial charge is 0.334 e. The van der Waals surface area contributed by atoms with Gasteiger partial charge in [-0.1, -0.05) is 6.92 Å². The normalized spacial score (nSPS) is 23.4. The molecule has 2 unspecified atom stereocenters. The monoisotopic (exact) mass is 250 g/mol. The zero-order valence-corrected chi connectivity index (χ0v) is 10.8. The topological polar surface area (TPSA) is 46.3 Å². The van der Waals surface area contributed by atoms with Crippen LogP contribution in [0, 0.1) is 18.7 Å². The molecule has 2 atom stereocenters. The lowest BCUT2D eigenvalue weighted by atomic mass is 10.0. The van der Waals surface area contributed by atoms with Gasteiger partial charge in [-0.2, -0.15) is 0 Å². The van der Waals surface area contributed by atoms with E-state index in [1.165, 1.54) is 12.1 Å². The molecule has 1 aliphatic rings. The fourth-order valence-corrected chi connectivity index (χ4v) is 2.65. The van der Waals surface area contributed by atoms with Gasteiger partial charge in [-0.25, -0.2) is 4.39 Å². The zero-order chi connectivity index (χ0) is 13.3. The Morgan fingerprint density at radius 3 is 2.83 bits per heavy atom. The highest BCUT2D eigenvalue weighted by molar-refractivity contribution is 5.94. The van der Waals surface area contributed by atoms with Crippen LogP contribution in [0.5, 0.6) is 0 Å². The van der Waals surface area contributed by atoms with Crippen LogP contribution >= 0.6 is 0 Å². The summed E-state index contributed by atoms with van der Waals surface area (Å²) in [6, 6.07) is 4.51. The van der Waals surface area contributed by atoms with Gasteiger partial charge in [0.2, 0.25) is 0 Å². The maximum atomic E-state index is 13.3. The summed E-state index contributed by atoms with van der Waals surface area (Å²) in [4.78, 5) is 14.1. The summed E-state index contributed by atoms with van der Waals surface area (Å²) in [5.74, 6) is -0.0686. The molecule has 0 spiro atoms. The molecule has 2 rings (SSSR count). The number of amides is 1. The Kier molecular flexibility index (Phi) is 3.66. The highest BCUT2D eigenvalue weighted by Gasteiger charge is 2.33. The Labute approximate surface area is 107 Å². The van der Waals surface area contributed by atoms with E-state index in [4.69, 9.17) is 5.73 Å². The fourth-order valence-electron chi connectivity index (χ4n) is 2.65.